The summed E-state index contributed by atoms with van der Waals surface area (Å²) in [5, 5.41) is 8.86. The van der Waals surface area contributed by atoms with Crippen molar-refractivity contribution in [2.45, 2.75) is 25.7 Å². The van der Waals surface area contributed by atoms with Gasteiger partial charge in [-0.25, -0.2) is 4.79 Å². The molecular weight excluding hydrogens is 292 g/mol. The molecule has 0 unspecified atom stereocenters. The predicted molar refractivity (Wildman–Crippen MR) is 78.2 cm³/mol. The summed E-state index contributed by atoms with van der Waals surface area (Å²) in [4.78, 5) is 25.3. The fraction of sp³-hybridized carbons (Fsp3) is 0.400. The number of esters is 1. The number of carbonyl (C=O) groups is 2. The lowest BCUT2D eigenvalue weighted by atomic mass is 10.2. The molecular formula is C15H15ClN2O3. The topological polar surface area (TPSA) is 70.4 Å². The van der Waals surface area contributed by atoms with Gasteiger partial charge in [0.05, 0.1) is 28.9 Å². The van der Waals surface area contributed by atoms with Crippen LogP contribution in [0.25, 0.3) is 0 Å². The number of carbonyl (C=O) groups excluding carboxylic acids is 2. The third-order valence-corrected chi connectivity index (χ3v) is 3.53. The van der Waals surface area contributed by atoms with Crippen LogP contribution in [0.1, 0.15) is 36.0 Å². The van der Waals surface area contributed by atoms with Gasteiger partial charge in [-0.05, 0) is 31.0 Å². The Morgan fingerprint density at radius 2 is 2.29 bits per heavy atom. The molecule has 1 heterocycles. The number of unbranched alkanes of at least 4 members (excludes halogenated alkanes) is 1. The van der Waals surface area contributed by atoms with E-state index in [4.69, 9.17) is 21.6 Å². The Morgan fingerprint density at radius 3 is 2.95 bits per heavy atom. The van der Waals surface area contributed by atoms with E-state index in [-0.39, 0.29) is 12.5 Å². The first-order valence-electron chi connectivity index (χ1n) is 6.77. The predicted octanol–water partition coefficient (Wildman–Crippen LogP) is 2.93. The van der Waals surface area contributed by atoms with Crippen molar-refractivity contribution in [1.82, 2.24) is 0 Å². The standard InChI is InChI=1S/C15H15ClN2O3/c16-12-6-5-11(15(20)21-9-2-1-7-17)10-13(12)18-8-3-4-14(18)19/h5-6,10H,1-4,8-9H2. The SMILES string of the molecule is N#CCCCOC(=O)c1ccc(Cl)c(N2CCCC2=O)c1. The van der Waals surface area contributed by atoms with Crippen molar-refractivity contribution in [2.24, 2.45) is 0 Å². The molecule has 0 aliphatic carbocycles. The summed E-state index contributed by atoms with van der Waals surface area (Å²) in [7, 11) is 0. The Hall–Kier alpha value is -2.06. The monoisotopic (exact) mass is 306 g/mol. The molecule has 1 aliphatic heterocycles. The van der Waals surface area contributed by atoms with Gasteiger partial charge in [-0.15, -0.1) is 0 Å². The number of anilines is 1. The summed E-state index contributed by atoms with van der Waals surface area (Å²) in [6, 6.07) is 6.73. The van der Waals surface area contributed by atoms with Crippen LogP contribution in [0.15, 0.2) is 18.2 Å². The fourth-order valence-electron chi connectivity index (χ4n) is 2.15. The molecule has 0 bridgehead atoms. The minimum absolute atomic E-state index is 0.0106. The molecule has 110 valence electrons. The van der Waals surface area contributed by atoms with Gasteiger partial charge in [0.15, 0.2) is 0 Å². The van der Waals surface area contributed by atoms with E-state index in [0.717, 1.165) is 6.42 Å². The Labute approximate surface area is 128 Å². The number of nitrogens with zero attached hydrogens (tertiary/aromatic N) is 2. The van der Waals surface area contributed by atoms with Crippen molar-refractivity contribution in [3.05, 3.63) is 28.8 Å². The highest BCUT2D eigenvalue weighted by molar-refractivity contribution is 6.34. The maximum atomic E-state index is 11.9. The molecule has 5 nitrogen and oxygen atoms in total. The highest BCUT2D eigenvalue weighted by Gasteiger charge is 2.24. The number of amides is 1. The van der Waals surface area contributed by atoms with Gasteiger partial charge < -0.3 is 9.64 Å². The summed E-state index contributed by atoms with van der Waals surface area (Å²) in [6.45, 7) is 0.812. The van der Waals surface area contributed by atoms with Crippen molar-refractivity contribution in [3.63, 3.8) is 0 Å². The summed E-state index contributed by atoms with van der Waals surface area (Å²) in [5.41, 5.74) is 0.900. The van der Waals surface area contributed by atoms with E-state index >= 15 is 0 Å². The van der Waals surface area contributed by atoms with Gasteiger partial charge in [0.2, 0.25) is 5.91 Å². The van der Waals surface area contributed by atoms with Crippen LogP contribution < -0.4 is 4.90 Å². The van der Waals surface area contributed by atoms with Crippen molar-refractivity contribution >= 4 is 29.2 Å². The molecule has 0 spiro atoms. The first kappa shape index (κ1) is 15.3. The molecule has 1 aromatic carbocycles. The molecule has 2 rings (SSSR count). The van der Waals surface area contributed by atoms with Gasteiger partial charge in [0.25, 0.3) is 0 Å². The molecule has 1 saturated heterocycles. The molecule has 0 N–H and O–H groups in total. The quantitative estimate of drug-likeness (QED) is 0.619. The normalized spacial score (nSPS) is 14.1. The average Bonchev–Trinajstić information content (AvgIpc) is 2.90. The number of hydrogen-bond acceptors (Lipinski definition) is 4. The molecule has 6 heteroatoms. The van der Waals surface area contributed by atoms with Crippen molar-refractivity contribution < 1.29 is 14.3 Å². The van der Waals surface area contributed by atoms with Gasteiger partial charge >= 0.3 is 5.97 Å². The number of benzene rings is 1. The average molecular weight is 307 g/mol. The lowest BCUT2D eigenvalue weighted by Crippen LogP contribution is -2.24. The second-order valence-corrected chi connectivity index (χ2v) is 5.12. The Balaban J connectivity index is 2.09. The Morgan fingerprint density at radius 1 is 1.48 bits per heavy atom. The summed E-state index contributed by atoms with van der Waals surface area (Å²) in [6.07, 6.45) is 2.14. The van der Waals surface area contributed by atoms with E-state index in [0.29, 0.717) is 42.1 Å². The number of ether oxygens (including phenoxy) is 1. The van der Waals surface area contributed by atoms with Crippen LogP contribution in [0.3, 0.4) is 0 Å². The van der Waals surface area contributed by atoms with E-state index in [1.54, 1.807) is 23.1 Å². The second-order valence-electron chi connectivity index (χ2n) is 4.71. The van der Waals surface area contributed by atoms with Crippen LogP contribution in [-0.2, 0) is 9.53 Å². The molecule has 0 saturated carbocycles. The summed E-state index contributed by atoms with van der Waals surface area (Å²) < 4.78 is 5.08. The van der Waals surface area contributed by atoms with Gasteiger partial charge in [0.1, 0.15) is 0 Å². The molecule has 1 amide bonds. The fourth-order valence-corrected chi connectivity index (χ4v) is 2.37. The van der Waals surface area contributed by atoms with E-state index in [2.05, 4.69) is 0 Å². The van der Waals surface area contributed by atoms with Crippen LogP contribution in [0, 0.1) is 11.3 Å². The third kappa shape index (κ3) is 3.73. The molecule has 21 heavy (non-hydrogen) atoms. The molecule has 1 fully saturated rings. The lowest BCUT2D eigenvalue weighted by Gasteiger charge is -2.18. The maximum Gasteiger partial charge on any atom is 0.338 e. The van der Waals surface area contributed by atoms with Gasteiger partial charge in [-0.1, -0.05) is 11.6 Å². The highest BCUT2D eigenvalue weighted by atomic mass is 35.5. The molecule has 1 aliphatic rings. The number of rotatable bonds is 5. The zero-order valence-electron chi connectivity index (χ0n) is 11.5. The molecule has 0 aromatic heterocycles. The largest absolute Gasteiger partial charge is 0.462 e. The molecule has 1 aromatic rings. The smallest absolute Gasteiger partial charge is 0.338 e. The zero-order chi connectivity index (χ0) is 15.2. The third-order valence-electron chi connectivity index (χ3n) is 3.21. The first-order valence-corrected chi connectivity index (χ1v) is 7.15. The van der Waals surface area contributed by atoms with Crippen molar-refractivity contribution in [3.8, 4) is 6.07 Å². The van der Waals surface area contributed by atoms with Crippen LogP contribution in [0.5, 0.6) is 0 Å². The first-order chi connectivity index (χ1) is 10.1. The minimum Gasteiger partial charge on any atom is -0.462 e. The van der Waals surface area contributed by atoms with Gasteiger partial charge in [0, 0.05) is 19.4 Å². The van der Waals surface area contributed by atoms with Gasteiger partial charge in [-0.3, -0.25) is 4.79 Å². The number of hydrogen-bond donors (Lipinski definition) is 0. The van der Waals surface area contributed by atoms with E-state index < -0.39 is 5.97 Å². The van der Waals surface area contributed by atoms with Gasteiger partial charge in [-0.2, -0.15) is 5.26 Å². The van der Waals surface area contributed by atoms with Crippen LogP contribution in [0.4, 0.5) is 5.69 Å². The zero-order valence-corrected chi connectivity index (χ0v) is 12.2. The lowest BCUT2D eigenvalue weighted by molar-refractivity contribution is -0.117. The maximum absolute atomic E-state index is 11.9. The van der Waals surface area contributed by atoms with E-state index in [1.807, 2.05) is 6.07 Å². The number of halogens is 1. The summed E-state index contributed by atoms with van der Waals surface area (Å²) in [5.74, 6) is -0.464. The van der Waals surface area contributed by atoms with E-state index in [9.17, 15) is 9.59 Å². The van der Waals surface area contributed by atoms with Crippen LogP contribution in [0.2, 0.25) is 5.02 Å². The van der Waals surface area contributed by atoms with Crippen molar-refractivity contribution in [1.29, 1.82) is 5.26 Å². The second kappa shape index (κ2) is 7.09. The Kier molecular flexibility index (Phi) is 5.18. The minimum atomic E-state index is -0.475. The van der Waals surface area contributed by atoms with Crippen LogP contribution in [-0.4, -0.2) is 25.0 Å². The molecule has 0 atom stereocenters. The van der Waals surface area contributed by atoms with Crippen LogP contribution >= 0.6 is 11.6 Å². The summed E-state index contributed by atoms with van der Waals surface area (Å²) >= 11 is 6.11. The Bertz CT molecular complexity index is 595. The number of nitriles is 1. The highest BCUT2D eigenvalue weighted by Crippen LogP contribution is 2.30. The molecule has 0 radical (unpaired) electrons. The van der Waals surface area contributed by atoms with E-state index in [1.165, 1.54) is 0 Å². The van der Waals surface area contributed by atoms with Crippen molar-refractivity contribution in [2.75, 3.05) is 18.1 Å².